The number of anilines is 1. The quantitative estimate of drug-likeness (QED) is 0.718. The molecular weight excluding hydrogens is 398 g/mol. The Balaban J connectivity index is 1.41. The van der Waals surface area contributed by atoms with E-state index in [1.165, 1.54) is 6.20 Å². The number of nitriles is 1. The third-order valence-corrected chi connectivity index (χ3v) is 5.58. The standard InChI is InChI=1S/C22H21N5O4/c1-14-11-16(31-19-15(12-23)5-4-10-24-19)6-7-17(14)25-18(28)13-27-20(29)22(26-21(27)30)8-2-3-9-22/h4-7,10-11H,2-3,8-9,13H2,1H3,(H,25,28)(H,26,30). The number of carbonyl (C=O) groups excluding carboxylic acids is 3. The second-order valence-electron chi connectivity index (χ2n) is 7.71. The van der Waals surface area contributed by atoms with Crippen LogP contribution in [0.2, 0.25) is 0 Å². The highest BCUT2D eigenvalue weighted by Crippen LogP contribution is 2.35. The summed E-state index contributed by atoms with van der Waals surface area (Å²) in [4.78, 5) is 42.5. The first-order valence-electron chi connectivity index (χ1n) is 9.99. The number of aryl methyl sites for hydroxylation is 1. The van der Waals surface area contributed by atoms with Crippen LogP contribution in [0.1, 0.15) is 36.8 Å². The van der Waals surface area contributed by atoms with Gasteiger partial charge >= 0.3 is 6.03 Å². The van der Waals surface area contributed by atoms with Crippen LogP contribution >= 0.6 is 0 Å². The van der Waals surface area contributed by atoms with Crippen LogP contribution < -0.4 is 15.4 Å². The van der Waals surface area contributed by atoms with Crippen molar-refractivity contribution < 1.29 is 19.1 Å². The summed E-state index contributed by atoms with van der Waals surface area (Å²) in [5.41, 5.74) is 0.720. The molecule has 158 valence electrons. The Hall–Kier alpha value is -3.93. The van der Waals surface area contributed by atoms with Gasteiger partial charge in [-0.15, -0.1) is 0 Å². The van der Waals surface area contributed by atoms with Crippen LogP contribution in [0.4, 0.5) is 10.5 Å². The molecule has 4 amide bonds. The summed E-state index contributed by atoms with van der Waals surface area (Å²) in [5.74, 6) is -0.135. The lowest BCUT2D eigenvalue weighted by Crippen LogP contribution is -2.44. The van der Waals surface area contributed by atoms with Crippen molar-refractivity contribution in [3.8, 4) is 17.7 Å². The summed E-state index contributed by atoms with van der Waals surface area (Å²) < 4.78 is 5.68. The molecule has 2 N–H and O–H groups in total. The molecule has 1 aliphatic carbocycles. The molecule has 1 saturated heterocycles. The number of urea groups is 1. The van der Waals surface area contributed by atoms with Crippen LogP contribution in [0.15, 0.2) is 36.5 Å². The average Bonchev–Trinajstić information content (AvgIpc) is 3.31. The highest BCUT2D eigenvalue weighted by molar-refractivity contribution is 6.10. The zero-order valence-electron chi connectivity index (χ0n) is 17.0. The molecule has 2 heterocycles. The Morgan fingerprint density at radius 2 is 2.10 bits per heavy atom. The normalized spacial score (nSPS) is 16.8. The minimum absolute atomic E-state index is 0.195. The first kappa shape index (κ1) is 20.3. The molecule has 1 aromatic carbocycles. The number of aromatic nitrogens is 1. The lowest BCUT2D eigenvalue weighted by Gasteiger charge is -2.20. The first-order valence-corrected chi connectivity index (χ1v) is 9.99. The molecule has 2 aliphatic rings. The zero-order valence-corrected chi connectivity index (χ0v) is 17.0. The molecule has 0 atom stereocenters. The fraction of sp³-hybridized carbons (Fsp3) is 0.318. The highest BCUT2D eigenvalue weighted by Gasteiger charge is 2.52. The number of amides is 4. The van der Waals surface area contributed by atoms with Crippen molar-refractivity contribution in [3.63, 3.8) is 0 Å². The van der Waals surface area contributed by atoms with E-state index in [1.807, 2.05) is 6.07 Å². The van der Waals surface area contributed by atoms with Crippen molar-refractivity contribution in [2.45, 2.75) is 38.1 Å². The smallest absolute Gasteiger partial charge is 0.325 e. The van der Waals surface area contributed by atoms with Crippen molar-refractivity contribution in [2.24, 2.45) is 0 Å². The number of hydrogen-bond acceptors (Lipinski definition) is 6. The molecule has 1 saturated carbocycles. The Kier molecular flexibility index (Phi) is 5.29. The molecule has 1 aromatic heterocycles. The fourth-order valence-electron chi connectivity index (χ4n) is 3.98. The Bertz CT molecular complexity index is 1100. The first-order chi connectivity index (χ1) is 14.9. The van der Waals surface area contributed by atoms with Crippen molar-refractivity contribution in [1.29, 1.82) is 5.26 Å². The van der Waals surface area contributed by atoms with Gasteiger partial charge in [0, 0.05) is 11.9 Å². The zero-order chi connectivity index (χ0) is 22.0. The van der Waals surface area contributed by atoms with E-state index in [0.29, 0.717) is 35.4 Å². The molecule has 2 aromatic rings. The second kappa shape index (κ2) is 8.07. The Morgan fingerprint density at radius 3 is 2.81 bits per heavy atom. The van der Waals surface area contributed by atoms with Gasteiger partial charge in [-0.05, 0) is 55.7 Å². The molecule has 31 heavy (non-hydrogen) atoms. The van der Waals surface area contributed by atoms with E-state index >= 15 is 0 Å². The molecule has 0 bridgehead atoms. The number of rotatable bonds is 5. The van der Waals surface area contributed by atoms with Gasteiger partial charge in [-0.1, -0.05) is 12.8 Å². The van der Waals surface area contributed by atoms with Gasteiger partial charge in [0.25, 0.3) is 5.91 Å². The molecule has 1 aliphatic heterocycles. The lowest BCUT2D eigenvalue weighted by molar-refractivity contribution is -0.133. The summed E-state index contributed by atoms with van der Waals surface area (Å²) in [6.07, 6.45) is 4.52. The number of nitrogens with zero attached hydrogens (tertiary/aromatic N) is 3. The number of ether oxygens (including phenoxy) is 1. The van der Waals surface area contributed by atoms with E-state index in [-0.39, 0.29) is 18.3 Å². The van der Waals surface area contributed by atoms with Gasteiger partial charge in [0.05, 0.1) is 0 Å². The average molecular weight is 419 g/mol. The number of imide groups is 1. The molecule has 1 spiro atoms. The lowest BCUT2D eigenvalue weighted by atomic mass is 9.98. The van der Waals surface area contributed by atoms with E-state index in [2.05, 4.69) is 15.6 Å². The number of carbonyl (C=O) groups is 3. The van der Waals surface area contributed by atoms with Crippen molar-refractivity contribution >= 4 is 23.5 Å². The second-order valence-corrected chi connectivity index (χ2v) is 7.71. The summed E-state index contributed by atoms with van der Waals surface area (Å²) in [7, 11) is 0. The van der Waals surface area contributed by atoms with E-state index in [1.54, 1.807) is 37.3 Å². The molecule has 9 nitrogen and oxygen atoms in total. The number of nitrogens with one attached hydrogen (secondary N) is 2. The summed E-state index contributed by atoms with van der Waals surface area (Å²) >= 11 is 0. The van der Waals surface area contributed by atoms with Crippen LogP contribution in [-0.4, -0.2) is 39.8 Å². The van der Waals surface area contributed by atoms with Crippen LogP contribution in [0.5, 0.6) is 11.6 Å². The number of benzene rings is 1. The molecule has 0 radical (unpaired) electrons. The van der Waals surface area contributed by atoms with E-state index in [4.69, 9.17) is 10.00 Å². The van der Waals surface area contributed by atoms with Gasteiger partial charge in [-0.25, -0.2) is 9.78 Å². The number of hydrogen-bond donors (Lipinski definition) is 2. The van der Waals surface area contributed by atoms with Crippen LogP contribution in [-0.2, 0) is 9.59 Å². The summed E-state index contributed by atoms with van der Waals surface area (Å²) in [5, 5.41) is 14.6. The fourth-order valence-corrected chi connectivity index (χ4v) is 3.98. The predicted octanol–water partition coefficient (Wildman–Crippen LogP) is 2.86. The Labute approximate surface area is 179 Å². The maximum Gasteiger partial charge on any atom is 0.325 e. The maximum atomic E-state index is 12.7. The van der Waals surface area contributed by atoms with Gasteiger partial charge in [0.1, 0.15) is 29.5 Å². The topological polar surface area (TPSA) is 124 Å². The molecule has 9 heteroatoms. The van der Waals surface area contributed by atoms with Gasteiger partial charge in [0.15, 0.2) is 0 Å². The largest absolute Gasteiger partial charge is 0.438 e. The van der Waals surface area contributed by atoms with Gasteiger partial charge in [-0.2, -0.15) is 5.26 Å². The summed E-state index contributed by atoms with van der Waals surface area (Å²) in [6.45, 7) is 1.44. The van der Waals surface area contributed by atoms with Crippen LogP contribution in [0, 0.1) is 18.3 Å². The maximum absolute atomic E-state index is 12.7. The predicted molar refractivity (Wildman–Crippen MR) is 110 cm³/mol. The third-order valence-electron chi connectivity index (χ3n) is 5.58. The molecule has 2 fully saturated rings. The number of pyridine rings is 1. The van der Waals surface area contributed by atoms with Crippen molar-refractivity contribution in [2.75, 3.05) is 11.9 Å². The molecular formula is C22H21N5O4. The Morgan fingerprint density at radius 1 is 1.32 bits per heavy atom. The summed E-state index contributed by atoms with van der Waals surface area (Å²) in [6, 6.07) is 9.74. The van der Waals surface area contributed by atoms with Crippen LogP contribution in [0.3, 0.4) is 0 Å². The third kappa shape index (κ3) is 3.92. The highest BCUT2D eigenvalue weighted by atomic mass is 16.5. The van der Waals surface area contributed by atoms with E-state index in [0.717, 1.165) is 17.7 Å². The monoisotopic (exact) mass is 419 g/mol. The van der Waals surface area contributed by atoms with Crippen LogP contribution in [0.25, 0.3) is 0 Å². The van der Waals surface area contributed by atoms with E-state index in [9.17, 15) is 14.4 Å². The van der Waals surface area contributed by atoms with Gasteiger partial charge in [0.2, 0.25) is 11.8 Å². The molecule has 0 unspecified atom stereocenters. The van der Waals surface area contributed by atoms with Crippen molar-refractivity contribution in [1.82, 2.24) is 15.2 Å². The minimum atomic E-state index is -0.833. The minimum Gasteiger partial charge on any atom is -0.438 e. The van der Waals surface area contributed by atoms with E-state index < -0.39 is 17.5 Å². The van der Waals surface area contributed by atoms with Gasteiger partial charge < -0.3 is 15.4 Å². The molecule has 4 rings (SSSR count). The SMILES string of the molecule is Cc1cc(Oc2ncccc2C#N)ccc1NC(=O)CN1C(=O)NC2(CCCC2)C1=O. The van der Waals surface area contributed by atoms with Gasteiger partial charge in [-0.3, -0.25) is 14.5 Å². The van der Waals surface area contributed by atoms with Crippen molar-refractivity contribution in [3.05, 3.63) is 47.7 Å².